The number of nitrogens with zero attached hydrogens (tertiary/aromatic N) is 2. The predicted molar refractivity (Wildman–Crippen MR) is 114 cm³/mol. The summed E-state index contributed by atoms with van der Waals surface area (Å²) in [6.07, 6.45) is 0.578. The molecule has 1 atom stereocenters. The quantitative estimate of drug-likeness (QED) is 0.725. The van der Waals surface area contributed by atoms with Crippen molar-refractivity contribution in [3.8, 4) is 5.75 Å². The standard InChI is InChI=1S/C22H28N2O4S/c1-6-20(28-21-9-7-8-15(2)16(21)3)22(25)24-13-12-17-14-18(10-11-19(17)24)29(26,27)23(4)5/h7-11,14,20H,6,12-13H2,1-5H3/t20-/m1/s1. The molecule has 0 unspecified atom stereocenters. The van der Waals surface area contributed by atoms with E-state index in [0.717, 1.165) is 28.1 Å². The zero-order chi connectivity index (χ0) is 21.3. The number of anilines is 1. The second-order valence-corrected chi connectivity index (χ2v) is 9.68. The first kappa shape index (κ1) is 21.3. The van der Waals surface area contributed by atoms with Crippen molar-refractivity contribution in [2.45, 2.75) is 44.6 Å². The van der Waals surface area contributed by atoms with Crippen LogP contribution >= 0.6 is 0 Å². The highest BCUT2D eigenvalue weighted by Gasteiger charge is 2.32. The molecule has 0 saturated heterocycles. The lowest BCUT2D eigenvalue weighted by Crippen LogP contribution is -2.41. The number of hydrogen-bond donors (Lipinski definition) is 0. The van der Waals surface area contributed by atoms with Crippen LogP contribution in [-0.4, -0.2) is 45.4 Å². The van der Waals surface area contributed by atoms with E-state index in [1.807, 2.05) is 39.0 Å². The third-order valence-corrected chi connectivity index (χ3v) is 7.27. The number of carbonyl (C=O) groups is 1. The topological polar surface area (TPSA) is 66.9 Å². The number of benzene rings is 2. The van der Waals surface area contributed by atoms with Crippen LogP contribution in [0.5, 0.6) is 5.75 Å². The molecule has 156 valence electrons. The fraction of sp³-hybridized carbons (Fsp3) is 0.409. The van der Waals surface area contributed by atoms with Crippen molar-refractivity contribution in [2.75, 3.05) is 25.5 Å². The van der Waals surface area contributed by atoms with E-state index in [4.69, 9.17) is 4.74 Å². The molecular formula is C22H28N2O4S. The maximum atomic E-state index is 13.2. The summed E-state index contributed by atoms with van der Waals surface area (Å²) in [5.41, 5.74) is 3.77. The lowest BCUT2D eigenvalue weighted by Gasteiger charge is -2.25. The van der Waals surface area contributed by atoms with Gasteiger partial charge in [-0.25, -0.2) is 12.7 Å². The number of amides is 1. The number of rotatable bonds is 6. The third kappa shape index (κ3) is 4.02. The van der Waals surface area contributed by atoms with Crippen molar-refractivity contribution in [2.24, 2.45) is 0 Å². The van der Waals surface area contributed by atoms with Gasteiger partial charge in [0.05, 0.1) is 4.90 Å². The van der Waals surface area contributed by atoms with Crippen molar-refractivity contribution in [3.63, 3.8) is 0 Å². The van der Waals surface area contributed by atoms with Gasteiger partial charge in [-0.15, -0.1) is 0 Å². The van der Waals surface area contributed by atoms with Gasteiger partial charge < -0.3 is 9.64 Å². The van der Waals surface area contributed by atoms with Gasteiger partial charge in [0.2, 0.25) is 10.0 Å². The van der Waals surface area contributed by atoms with Crippen LogP contribution in [0.3, 0.4) is 0 Å². The molecule has 0 fully saturated rings. The Balaban J connectivity index is 1.85. The number of ether oxygens (including phenoxy) is 1. The van der Waals surface area contributed by atoms with Crippen LogP contribution in [0.4, 0.5) is 5.69 Å². The highest BCUT2D eigenvalue weighted by Crippen LogP contribution is 2.32. The Kier molecular flexibility index (Phi) is 6.00. The molecule has 0 saturated carbocycles. The van der Waals surface area contributed by atoms with Crippen LogP contribution in [0, 0.1) is 13.8 Å². The summed E-state index contributed by atoms with van der Waals surface area (Å²) < 4.78 is 32.1. The Labute approximate surface area is 173 Å². The zero-order valence-electron chi connectivity index (χ0n) is 17.6. The molecule has 1 aliphatic rings. The van der Waals surface area contributed by atoms with E-state index < -0.39 is 16.1 Å². The highest BCUT2D eigenvalue weighted by molar-refractivity contribution is 7.89. The smallest absolute Gasteiger partial charge is 0.268 e. The van der Waals surface area contributed by atoms with Gasteiger partial charge in [-0.2, -0.15) is 0 Å². The Bertz CT molecular complexity index is 1030. The molecule has 0 N–H and O–H groups in total. The van der Waals surface area contributed by atoms with Gasteiger partial charge in [-0.3, -0.25) is 4.79 Å². The van der Waals surface area contributed by atoms with Gasteiger partial charge in [0.15, 0.2) is 6.10 Å². The van der Waals surface area contributed by atoms with Gasteiger partial charge in [-0.05, 0) is 67.6 Å². The van der Waals surface area contributed by atoms with E-state index in [0.29, 0.717) is 19.4 Å². The van der Waals surface area contributed by atoms with E-state index in [1.165, 1.54) is 18.4 Å². The molecule has 0 aliphatic carbocycles. The van der Waals surface area contributed by atoms with E-state index in [9.17, 15) is 13.2 Å². The number of fused-ring (bicyclic) bond motifs is 1. The molecule has 1 aliphatic heterocycles. The fourth-order valence-corrected chi connectivity index (χ4v) is 4.42. The van der Waals surface area contributed by atoms with Crippen molar-refractivity contribution in [1.82, 2.24) is 4.31 Å². The lowest BCUT2D eigenvalue weighted by molar-refractivity contribution is -0.125. The van der Waals surface area contributed by atoms with Crippen LogP contribution in [-0.2, 0) is 21.2 Å². The molecule has 0 spiro atoms. The number of hydrogen-bond acceptors (Lipinski definition) is 4. The summed E-state index contributed by atoms with van der Waals surface area (Å²) in [6, 6.07) is 10.8. The Morgan fingerprint density at radius 3 is 2.59 bits per heavy atom. The molecule has 2 aromatic rings. The lowest BCUT2D eigenvalue weighted by atomic mass is 10.1. The first-order valence-electron chi connectivity index (χ1n) is 9.76. The minimum absolute atomic E-state index is 0.102. The largest absolute Gasteiger partial charge is 0.480 e. The third-order valence-electron chi connectivity index (χ3n) is 5.46. The zero-order valence-corrected chi connectivity index (χ0v) is 18.4. The van der Waals surface area contributed by atoms with Crippen molar-refractivity contribution in [3.05, 3.63) is 53.1 Å². The predicted octanol–water partition coefficient (Wildman–Crippen LogP) is 3.30. The van der Waals surface area contributed by atoms with Crippen molar-refractivity contribution < 1.29 is 17.9 Å². The maximum Gasteiger partial charge on any atom is 0.268 e. The maximum absolute atomic E-state index is 13.2. The van der Waals surface area contributed by atoms with E-state index in [2.05, 4.69) is 0 Å². The molecule has 29 heavy (non-hydrogen) atoms. The van der Waals surface area contributed by atoms with Crippen LogP contribution in [0.1, 0.15) is 30.0 Å². The normalized spacial score (nSPS) is 14.8. The Hall–Kier alpha value is -2.38. The van der Waals surface area contributed by atoms with Gasteiger partial charge in [0.1, 0.15) is 5.75 Å². The number of aryl methyl sites for hydroxylation is 1. The highest BCUT2D eigenvalue weighted by atomic mass is 32.2. The molecule has 3 rings (SSSR count). The van der Waals surface area contributed by atoms with Gasteiger partial charge in [-0.1, -0.05) is 19.1 Å². The second-order valence-electron chi connectivity index (χ2n) is 7.53. The van der Waals surface area contributed by atoms with E-state index in [-0.39, 0.29) is 10.8 Å². The van der Waals surface area contributed by atoms with Crippen molar-refractivity contribution >= 4 is 21.6 Å². The molecule has 0 bridgehead atoms. The average molecular weight is 417 g/mol. The van der Waals surface area contributed by atoms with Crippen LogP contribution in [0.25, 0.3) is 0 Å². The molecule has 1 amide bonds. The van der Waals surface area contributed by atoms with Gasteiger partial charge in [0.25, 0.3) is 5.91 Å². The fourth-order valence-electron chi connectivity index (χ4n) is 3.47. The van der Waals surface area contributed by atoms with Gasteiger partial charge in [0, 0.05) is 26.3 Å². The van der Waals surface area contributed by atoms with E-state index in [1.54, 1.807) is 23.1 Å². The summed E-state index contributed by atoms with van der Waals surface area (Å²) in [4.78, 5) is 15.2. The molecule has 2 aromatic carbocycles. The summed E-state index contributed by atoms with van der Waals surface area (Å²) in [5, 5.41) is 0. The molecule has 7 heteroatoms. The van der Waals surface area contributed by atoms with Crippen LogP contribution < -0.4 is 9.64 Å². The molecular weight excluding hydrogens is 388 g/mol. The molecule has 0 radical (unpaired) electrons. The number of carbonyl (C=O) groups excluding carboxylic acids is 1. The Morgan fingerprint density at radius 2 is 1.93 bits per heavy atom. The SMILES string of the molecule is CC[C@@H](Oc1cccc(C)c1C)C(=O)N1CCc2cc(S(=O)(=O)N(C)C)ccc21. The summed E-state index contributed by atoms with van der Waals surface area (Å²) >= 11 is 0. The second kappa shape index (κ2) is 8.16. The monoisotopic (exact) mass is 416 g/mol. The summed E-state index contributed by atoms with van der Waals surface area (Å²) in [7, 11) is -0.484. The first-order chi connectivity index (χ1) is 13.7. The van der Waals surface area contributed by atoms with Crippen molar-refractivity contribution in [1.29, 1.82) is 0 Å². The minimum Gasteiger partial charge on any atom is -0.480 e. The number of sulfonamides is 1. The molecule has 6 nitrogen and oxygen atoms in total. The molecule has 0 aromatic heterocycles. The Morgan fingerprint density at radius 1 is 1.21 bits per heavy atom. The first-order valence-corrected chi connectivity index (χ1v) is 11.2. The van der Waals surface area contributed by atoms with Gasteiger partial charge >= 0.3 is 0 Å². The summed E-state index contributed by atoms with van der Waals surface area (Å²) in [5.74, 6) is 0.618. The van der Waals surface area contributed by atoms with E-state index >= 15 is 0 Å². The average Bonchev–Trinajstić information content (AvgIpc) is 3.11. The van der Waals surface area contributed by atoms with Crippen LogP contribution in [0.15, 0.2) is 41.3 Å². The molecule has 1 heterocycles. The minimum atomic E-state index is -3.50. The van der Waals surface area contributed by atoms with Crippen LogP contribution in [0.2, 0.25) is 0 Å². The summed E-state index contributed by atoms with van der Waals surface area (Å²) in [6.45, 7) is 6.45.